The quantitative estimate of drug-likeness (QED) is 0.564. The first-order chi connectivity index (χ1) is 13.5. The zero-order chi connectivity index (χ0) is 19.9. The fraction of sp³-hybridized carbons (Fsp3) is 0.286. The predicted molar refractivity (Wildman–Crippen MR) is 113 cm³/mol. The maximum Gasteiger partial charge on any atom is 0.148 e. The number of thiazole rings is 1. The Balaban J connectivity index is 1.74. The lowest BCUT2D eigenvalue weighted by Gasteiger charge is -2.16. The average Bonchev–Trinajstić information content (AvgIpc) is 3.07. The molecule has 3 aromatic rings. The van der Waals surface area contributed by atoms with Crippen LogP contribution >= 0.6 is 11.3 Å². The van der Waals surface area contributed by atoms with Gasteiger partial charge in [0.05, 0.1) is 30.1 Å². The maximum absolute atomic E-state index is 6.00. The van der Waals surface area contributed by atoms with Gasteiger partial charge in [-0.15, -0.1) is 11.3 Å². The topological polar surface area (TPSA) is 69.2 Å². The summed E-state index contributed by atoms with van der Waals surface area (Å²) in [6.07, 6.45) is 5.78. The Bertz CT molecular complexity index is 925. The molecule has 0 aliphatic rings. The van der Waals surface area contributed by atoms with Crippen LogP contribution in [-0.4, -0.2) is 27.7 Å². The van der Waals surface area contributed by atoms with Crippen molar-refractivity contribution in [2.45, 2.75) is 33.3 Å². The van der Waals surface area contributed by atoms with E-state index in [0.29, 0.717) is 18.1 Å². The first-order valence-corrected chi connectivity index (χ1v) is 9.95. The molecule has 0 bridgehead atoms. The van der Waals surface area contributed by atoms with Crippen LogP contribution in [0.2, 0.25) is 0 Å². The van der Waals surface area contributed by atoms with Crippen LogP contribution in [0.1, 0.15) is 30.0 Å². The zero-order valence-electron chi connectivity index (χ0n) is 16.3. The standard InChI is InChI=1S/C21H24N4O2S/c1-14(2)27-19-10-17(15(3)25-21-12-22-6-7-23-21)9-18(11-19)26-8-5-20-16(4)24-13-28-20/h6-7,9-14H,3,5,8H2,1-2,4H3,(H,23,25). The van der Waals surface area contributed by atoms with Gasteiger partial charge < -0.3 is 14.8 Å². The number of aryl methyl sites for hydroxylation is 1. The van der Waals surface area contributed by atoms with Gasteiger partial charge in [-0.1, -0.05) is 6.58 Å². The smallest absolute Gasteiger partial charge is 0.148 e. The Morgan fingerprint density at radius 1 is 1.18 bits per heavy atom. The summed E-state index contributed by atoms with van der Waals surface area (Å²) in [5, 5.41) is 3.17. The van der Waals surface area contributed by atoms with E-state index >= 15 is 0 Å². The van der Waals surface area contributed by atoms with Gasteiger partial charge in [-0.25, -0.2) is 9.97 Å². The Morgan fingerprint density at radius 3 is 2.68 bits per heavy atom. The Morgan fingerprint density at radius 2 is 2.00 bits per heavy atom. The zero-order valence-corrected chi connectivity index (χ0v) is 17.1. The van der Waals surface area contributed by atoms with E-state index in [9.17, 15) is 0 Å². The van der Waals surface area contributed by atoms with E-state index in [-0.39, 0.29) is 6.10 Å². The van der Waals surface area contributed by atoms with Crippen LogP contribution in [0.15, 0.2) is 48.9 Å². The summed E-state index contributed by atoms with van der Waals surface area (Å²) in [4.78, 5) is 13.8. The van der Waals surface area contributed by atoms with Gasteiger partial charge in [0.1, 0.15) is 17.3 Å². The molecule has 0 saturated carbocycles. The van der Waals surface area contributed by atoms with E-state index in [1.165, 1.54) is 4.88 Å². The SMILES string of the molecule is C=C(Nc1cnccn1)c1cc(OCCc2scnc2C)cc(OC(C)C)c1. The minimum absolute atomic E-state index is 0.0594. The van der Waals surface area contributed by atoms with E-state index in [2.05, 4.69) is 26.8 Å². The first kappa shape index (κ1) is 19.8. The molecular formula is C21H24N4O2S. The number of anilines is 1. The minimum atomic E-state index is 0.0594. The molecule has 1 N–H and O–H groups in total. The highest BCUT2D eigenvalue weighted by Gasteiger charge is 2.09. The number of nitrogens with one attached hydrogen (secondary N) is 1. The predicted octanol–water partition coefficient (Wildman–Crippen LogP) is 4.73. The van der Waals surface area contributed by atoms with Crippen molar-refractivity contribution in [1.82, 2.24) is 15.0 Å². The Hall–Kier alpha value is -2.93. The van der Waals surface area contributed by atoms with Gasteiger partial charge in [0.25, 0.3) is 0 Å². The third kappa shape index (κ3) is 5.53. The summed E-state index contributed by atoms with van der Waals surface area (Å²) in [5.74, 6) is 2.10. The molecule has 0 aliphatic carbocycles. The van der Waals surface area contributed by atoms with Gasteiger partial charge in [0, 0.05) is 41.0 Å². The molecule has 2 aromatic heterocycles. The van der Waals surface area contributed by atoms with Crippen LogP contribution in [0.4, 0.5) is 5.82 Å². The molecule has 0 radical (unpaired) electrons. The van der Waals surface area contributed by atoms with Crippen molar-refractivity contribution in [1.29, 1.82) is 0 Å². The fourth-order valence-corrected chi connectivity index (χ4v) is 3.35. The number of rotatable bonds is 9. The van der Waals surface area contributed by atoms with Crippen LogP contribution in [-0.2, 0) is 6.42 Å². The van der Waals surface area contributed by atoms with E-state index in [4.69, 9.17) is 9.47 Å². The molecule has 3 rings (SSSR count). The van der Waals surface area contributed by atoms with Crippen molar-refractivity contribution in [3.05, 3.63) is 65.0 Å². The van der Waals surface area contributed by atoms with E-state index in [0.717, 1.165) is 29.2 Å². The summed E-state index contributed by atoms with van der Waals surface area (Å²) in [7, 11) is 0. The highest BCUT2D eigenvalue weighted by molar-refractivity contribution is 7.09. The van der Waals surface area contributed by atoms with Crippen LogP contribution in [0.3, 0.4) is 0 Å². The van der Waals surface area contributed by atoms with Crippen molar-refractivity contribution in [3.8, 4) is 11.5 Å². The van der Waals surface area contributed by atoms with Crippen molar-refractivity contribution in [2.75, 3.05) is 11.9 Å². The molecule has 1 aromatic carbocycles. The molecule has 0 unspecified atom stereocenters. The molecular weight excluding hydrogens is 372 g/mol. The lowest BCUT2D eigenvalue weighted by molar-refractivity contribution is 0.240. The third-order valence-corrected chi connectivity index (χ3v) is 4.88. The van der Waals surface area contributed by atoms with Crippen molar-refractivity contribution in [3.63, 3.8) is 0 Å². The number of benzene rings is 1. The van der Waals surface area contributed by atoms with Gasteiger partial charge in [-0.05, 0) is 32.9 Å². The van der Waals surface area contributed by atoms with Crippen LogP contribution in [0.25, 0.3) is 5.70 Å². The van der Waals surface area contributed by atoms with Crippen LogP contribution in [0, 0.1) is 6.92 Å². The summed E-state index contributed by atoms with van der Waals surface area (Å²) in [6.45, 7) is 10.7. The molecule has 7 heteroatoms. The molecule has 0 fully saturated rings. The lowest BCUT2D eigenvalue weighted by Crippen LogP contribution is -2.08. The summed E-state index contributed by atoms with van der Waals surface area (Å²) < 4.78 is 11.9. The molecule has 0 atom stereocenters. The molecule has 0 aliphatic heterocycles. The largest absolute Gasteiger partial charge is 0.493 e. The average molecular weight is 397 g/mol. The van der Waals surface area contributed by atoms with E-state index in [1.807, 2.05) is 44.5 Å². The Labute approximate surface area is 169 Å². The van der Waals surface area contributed by atoms with Crippen molar-refractivity contribution < 1.29 is 9.47 Å². The van der Waals surface area contributed by atoms with Gasteiger partial charge in [-0.2, -0.15) is 0 Å². The van der Waals surface area contributed by atoms with E-state index in [1.54, 1.807) is 29.9 Å². The number of ether oxygens (including phenoxy) is 2. The molecule has 146 valence electrons. The molecule has 0 spiro atoms. The number of hydrogen-bond donors (Lipinski definition) is 1. The molecule has 0 saturated heterocycles. The second-order valence-electron chi connectivity index (χ2n) is 6.51. The molecule has 2 heterocycles. The van der Waals surface area contributed by atoms with Gasteiger partial charge in [0.15, 0.2) is 0 Å². The molecule has 0 amide bonds. The summed E-state index contributed by atoms with van der Waals surface area (Å²) in [6, 6.07) is 5.78. The highest BCUT2D eigenvalue weighted by atomic mass is 32.1. The first-order valence-electron chi connectivity index (χ1n) is 9.07. The highest BCUT2D eigenvalue weighted by Crippen LogP contribution is 2.28. The lowest BCUT2D eigenvalue weighted by atomic mass is 10.1. The van der Waals surface area contributed by atoms with Crippen molar-refractivity contribution >= 4 is 22.9 Å². The van der Waals surface area contributed by atoms with Crippen molar-refractivity contribution in [2.24, 2.45) is 0 Å². The molecule has 6 nitrogen and oxygen atoms in total. The van der Waals surface area contributed by atoms with Gasteiger partial charge in [0.2, 0.25) is 0 Å². The second kappa shape index (κ2) is 9.32. The van der Waals surface area contributed by atoms with Gasteiger partial charge in [-0.3, -0.25) is 4.98 Å². The Kier molecular flexibility index (Phi) is 6.60. The third-order valence-electron chi connectivity index (χ3n) is 3.89. The van der Waals surface area contributed by atoms with Crippen LogP contribution in [0.5, 0.6) is 11.5 Å². The second-order valence-corrected chi connectivity index (χ2v) is 7.45. The monoisotopic (exact) mass is 396 g/mol. The number of nitrogens with zero attached hydrogens (tertiary/aromatic N) is 3. The summed E-state index contributed by atoms with van der Waals surface area (Å²) >= 11 is 1.65. The summed E-state index contributed by atoms with van der Waals surface area (Å²) in [5.41, 5.74) is 4.49. The fourth-order valence-electron chi connectivity index (χ4n) is 2.59. The van der Waals surface area contributed by atoms with E-state index < -0.39 is 0 Å². The van der Waals surface area contributed by atoms with Crippen LogP contribution < -0.4 is 14.8 Å². The van der Waals surface area contributed by atoms with Gasteiger partial charge >= 0.3 is 0 Å². The molecule has 28 heavy (non-hydrogen) atoms. The number of hydrogen-bond acceptors (Lipinski definition) is 7. The number of aromatic nitrogens is 3. The maximum atomic E-state index is 6.00. The minimum Gasteiger partial charge on any atom is -0.493 e. The normalized spacial score (nSPS) is 10.7.